The molecule has 7 heteroatoms. The molecule has 134 valence electrons. The maximum atomic E-state index is 12.4. The van der Waals surface area contributed by atoms with Crippen molar-refractivity contribution in [2.24, 2.45) is 0 Å². The Balaban J connectivity index is 1.50. The van der Waals surface area contributed by atoms with Crippen LogP contribution in [0.4, 0.5) is 5.69 Å². The number of benzene rings is 3. The van der Waals surface area contributed by atoms with Crippen LogP contribution in [0.3, 0.4) is 0 Å². The van der Waals surface area contributed by atoms with Gasteiger partial charge < -0.3 is 10.4 Å². The molecule has 0 aliphatic carbocycles. The second kappa shape index (κ2) is 7.09. The van der Waals surface area contributed by atoms with Gasteiger partial charge in [0.1, 0.15) is 11.3 Å². The molecular weight excluding hydrogens is 364 g/mol. The van der Waals surface area contributed by atoms with Crippen molar-refractivity contribution in [3.05, 3.63) is 82.9 Å². The van der Waals surface area contributed by atoms with Gasteiger partial charge in [0.15, 0.2) is 0 Å². The Morgan fingerprint density at radius 3 is 2.67 bits per heavy atom. The van der Waals surface area contributed by atoms with Gasteiger partial charge in [0.25, 0.3) is 5.91 Å². The molecule has 0 unspecified atom stereocenters. The van der Waals surface area contributed by atoms with Crippen LogP contribution in [-0.4, -0.2) is 26.0 Å². The van der Waals surface area contributed by atoms with Crippen LogP contribution in [0.5, 0.6) is 5.75 Å². The number of phenols is 1. The van der Waals surface area contributed by atoms with Crippen LogP contribution in [0, 0.1) is 0 Å². The van der Waals surface area contributed by atoms with Gasteiger partial charge >= 0.3 is 0 Å². The summed E-state index contributed by atoms with van der Waals surface area (Å²) in [7, 11) is 0. The van der Waals surface area contributed by atoms with Crippen LogP contribution in [0.25, 0.3) is 11.0 Å². The molecule has 4 aromatic rings. The smallest absolute Gasteiger partial charge is 0.255 e. The van der Waals surface area contributed by atoms with E-state index in [1.165, 1.54) is 12.1 Å². The zero-order chi connectivity index (χ0) is 18.8. The maximum absolute atomic E-state index is 12.4. The number of anilines is 1. The number of carbonyl (C=O) groups is 1. The second-order valence-corrected chi connectivity index (χ2v) is 6.48. The molecule has 27 heavy (non-hydrogen) atoms. The lowest BCUT2D eigenvalue weighted by Crippen LogP contribution is -2.12. The average molecular weight is 379 g/mol. The fourth-order valence-electron chi connectivity index (χ4n) is 2.77. The molecular formula is C20H15ClN4O2. The topological polar surface area (TPSA) is 80.0 Å². The van der Waals surface area contributed by atoms with Gasteiger partial charge in [-0.1, -0.05) is 41.1 Å². The van der Waals surface area contributed by atoms with Gasteiger partial charge in [-0.25, -0.2) is 4.68 Å². The van der Waals surface area contributed by atoms with Gasteiger partial charge in [0.2, 0.25) is 0 Å². The third-order valence-corrected chi connectivity index (χ3v) is 4.41. The van der Waals surface area contributed by atoms with Crippen molar-refractivity contribution in [2.75, 3.05) is 5.32 Å². The van der Waals surface area contributed by atoms with Crippen LogP contribution in [0.15, 0.2) is 66.7 Å². The molecule has 6 nitrogen and oxygen atoms in total. The van der Waals surface area contributed by atoms with Crippen LogP contribution >= 0.6 is 11.6 Å². The Bertz CT molecular complexity index is 1120. The molecule has 0 aliphatic rings. The number of nitrogens with zero attached hydrogens (tertiary/aromatic N) is 3. The van der Waals surface area contributed by atoms with Crippen molar-refractivity contribution in [1.82, 2.24) is 15.0 Å². The number of hydrogen-bond donors (Lipinski definition) is 2. The Morgan fingerprint density at radius 1 is 1.07 bits per heavy atom. The van der Waals surface area contributed by atoms with E-state index >= 15 is 0 Å². The lowest BCUT2D eigenvalue weighted by Gasteiger charge is -2.08. The van der Waals surface area contributed by atoms with E-state index < -0.39 is 0 Å². The minimum Gasteiger partial charge on any atom is -0.506 e. The molecule has 0 saturated heterocycles. The first-order valence-electron chi connectivity index (χ1n) is 8.27. The summed E-state index contributed by atoms with van der Waals surface area (Å²) in [6, 6.07) is 19.4. The molecule has 0 aliphatic heterocycles. The number of amides is 1. The summed E-state index contributed by atoms with van der Waals surface area (Å²) in [5.41, 5.74) is 3.53. The van der Waals surface area contributed by atoms with E-state index in [-0.39, 0.29) is 17.3 Å². The largest absolute Gasteiger partial charge is 0.506 e. The Kier molecular flexibility index (Phi) is 4.48. The molecule has 2 N–H and O–H groups in total. The van der Waals surface area contributed by atoms with Crippen molar-refractivity contribution >= 4 is 34.2 Å². The third kappa shape index (κ3) is 3.61. The highest BCUT2D eigenvalue weighted by molar-refractivity contribution is 6.31. The summed E-state index contributed by atoms with van der Waals surface area (Å²) in [5.74, 6) is -0.368. The highest BCUT2D eigenvalue weighted by Gasteiger charge is 2.10. The molecule has 4 rings (SSSR count). The highest BCUT2D eigenvalue weighted by Crippen LogP contribution is 2.27. The molecule has 0 saturated carbocycles. The predicted molar refractivity (Wildman–Crippen MR) is 104 cm³/mol. The summed E-state index contributed by atoms with van der Waals surface area (Å²) >= 11 is 5.90. The number of rotatable bonds is 4. The first kappa shape index (κ1) is 17.1. The van der Waals surface area contributed by atoms with Gasteiger partial charge in [0, 0.05) is 10.6 Å². The summed E-state index contributed by atoms with van der Waals surface area (Å²) < 4.78 is 1.81. The van der Waals surface area contributed by atoms with Gasteiger partial charge in [-0.3, -0.25) is 4.79 Å². The number of halogens is 1. The standard InChI is InChI=1S/C20H15ClN4O2/c21-15-9-10-19(26)17(11-15)22-20(27)14-7-5-13(6-8-14)12-25-18-4-2-1-3-16(18)23-24-25/h1-11,26H,12H2,(H,22,27). The van der Waals surface area contributed by atoms with Crippen LogP contribution in [-0.2, 0) is 6.54 Å². The molecule has 0 bridgehead atoms. The normalized spacial score (nSPS) is 10.9. The summed E-state index contributed by atoms with van der Waals surface area (Å²) in [4.78, 5) is 12.4. The number of aromatic hydroxyl groups is 1. The number of aromatic nitrogens is 3. The van der Waals surface area contributed by atoms with E-state index in [2.05, 4.69) is 15.6 Å². The second-order valence-electron chi connectivity index (χ2n) is 6.05. The van der Waals surface area contributed by atoms with Gasteiger partial charge in [-0.05, 0) is 48.0 Å². The maximum Gasteiger partial charge on any atom is 0.255 e. The number of carbonyl (C=O) groups excluding carboxylic acids is 1. The van der Waals surface area contributed by atoms with Crippen molar-refractivity contribution < 1.29 is 9.90 Å². The fourth-order valence-corrected chi connectivity index (χ4v) is 2.94. The minimum atomic E-state index is -0.328. The van der Waals surface area contributed by atoms with Crippen LogP contribution in [0.1, 0.15) is 15.9 Å². The zero-order valence-corrected chi connectivity index (χ0v) is 14.9. The number of phenolic OH excluding ortho intramolecular Hbond substituents is 1. The third-order valence-electron chi connectivity index (χ3n) is 4.18. The highest BCUT2D eigenvalue weighted by atomic mass is 35.5. The van der Waals surface area contributed by atoms with E-state index in [9.17, 15) is 9.90 Å². The summed E-state index contributed by atoms with van der Waals surface area (Å²) in [6.45, 7) is 0.553. The number of nitrogens with one attached hydrogen (secondary N) is 1. The number of fused-ring (bicyclic) bond motifs is 1. The van der Waals surface area contributed by atoms with E-state index in [0.717, 1.165) is 16.6 Å². The molecule has 0 atom stereocenters. The zero-order valence-electron chi connectivity index (χ0n) is 14.1. The lowest BCUT2D eigenvalue weighted by molar-refractivity contribution is 0.102. The molecule has 1 heterocycles. The van der Waals surface area contributed by atoms with E-state index in [1.807, 2.05) is 41.1 Å². The lowest BCUT2D eigenvalue weighted by atomic mass is 10.1. The Labute approximate surface area is 160 Å². The number of hydrogen-bond acceptors (Lipinski definition) is 4. The average Bonchev–Trinajstić information content (AvgIpc) is 3.08. The Morgan fingerprint density at radius 2 is 1.85 bits per heavy atom. The van der Waals surface area contributed by atoms with Crippen molar-refractivity contribution in [3.63, 3.8) is 0 Å². The monoisotopic (exact) mass is 378 g/mol. The van der Waals surface area contributed by atoms with Gasteiger partial charge in [-0.2, -0.15) is 0 Å². The molecule has 3 aromatic carbocycles. The van der Waals surface area contributed by atoms with Crippen molar-refractivity contribution in [1.29, 1.82) is 0 Å². The van der Waals surface area contributed by atoms with Crippen molar-refractivity contribution in [3.8, 4) is 5.75 Å². The van der Waals surface area contributed by atoms with Crippen LogP contribution < -0.4 is 5.32 Å². The van der Waals surface area contributed by atoms with Crippen LogP contribution in [0.2, 0.25) is 5.02 Å². The number of para-hydroxylation sites is 1. The molecule has 1 amide bonds. The van der Waals surface area contributed by atoms with E-state index in [4.69, 9.17) is 11.6 Å². The van der Waals surface area contributed by atoms with Crippen molar-refractivity contribution in [2.45, 2.75) is 6.54 Å². The Hall–Kier alpha value is -3.38. The van der Waals surface area contributed by atoms with Gasteiger partial charge in [0.05, 0.1) is 17.7 Å². The quantitative estimate of drug-likeness (QED) is 0.524. The molecule has 0 fully saturated rings. The van der Waals surface area contributed by atoms with Gasteiger partial charge in [-0.15, -0.1) is 5.10 Å². The summed E-state index contributed by atoms with van der Waals surface area (Å²) in [5, 5.41) is 21.2. The molecule has 0 spiro atoms. The first-order valence-corrected chi connectivity index (χ1v) is 8.65. The first-order chi connectivity index (χ1) is 13.1. The fraction of sp³-hybridized carbons (Fsp3) is 0.0500. The SMILES string of the molecule is O=C(Nc1cc(Cl)ccc1O)c1ccc(Cn2nnc3ccccc32)cc1. The predicted octanol–water partition coefficient (Wildman–Crippen LogP) is 4.09. The van der Waals surface area contributed by atoms with E-state index in [1.54, 1.807) is 18.2 Å². The van der Waals surface area contributed by atoms with E-state index in [0.29, 0.717) is 17.1 Å². The summed E-state index contributed by atoms with van der Waals surface area (Å²) in [6.07, 6.45) is 0. The molecule has 0 radical (unpaired) electrons. The molecule has 1 aromatic heterocycles. The minimum absolute atomic E-state index is 0.0394.